The molecule has 7 nitrogen and oxygen atoms in total. The number of carbonyl (C=O) groups is 2. The fourth-order valence-electron chi connectivity index (χ4n) is 2.50. The van der Waals surface area contributed by atoms with Gasteiger partial charge in [0.15, 0.2) is 0 Å². The van der Waals surface area contributed by atoms with Gasteiger partial charge in [0.2, 0.25) is 5.91 Å². The summed E-state index contributed by atoms with van der Waals surface area (Å²) in [6.45, 7) is 1.45. The van der Waals surface area contributed by atoms with Crippen LogP contribution in [0.5, 0.6) is 0 Å². The molecule has 0 saturated heterocycles. The van der Waals surface area contributed by atoms with Crippen molar-refractivity contribution >= 4 is 34.3 Å². The monoisotopic (exact) mass is 412 g/mol. The molecule has 0 aliphatic carbocycles. The summed E-state index contributed by atoms with van der Waals surface area (Å²) < 4.78 is 41.9. The molecule has 2 N–H and O–H groups in total. The molecule has 0 aromatic carbocycles. The van der Waals surface area contributed by atoms with Gasteiger partial charge in [-0.05, 0) is 31.4 Å². The van der Waals surface area contributed by atoms with E-state index in [-0.39, 0.29) is 11.3 Å². The third-order valence-electron chi connectivity index (χ3n) is 3.84. The van der Waals surface area contributed by atoms with Crippen LogP contribution in [0.3, 0.4) is 0 Å². The van der Waals surface area contributed by atoms with Gasteiger partial charge >= 0.3 is 6.18 Å². The van der Waals surface area contributed by atoms with Crippen molar-refractivity contribution in [2.24, 2.45) is 0 Å². The predicted molar refractivity (Wildman–Crippen MR) is 95.8 cm³/mol. The fourth-order valence-corrected chi connectivity index (χ4v) is 3.19. The Morgan fingerprint density at radius 1 is 1.36 bits per heavy atom. The van der Waals surface area contributed by atoms with Gasteiger partial charge in [0.1, 0.15) is 12.6 Å². The maximum Gasteiger partial charge on any atom is 0.405 e. The molecule has 3 rings (SSSR count). The van der Waals surface area contributed by atoms with Crippen molar-refractivity contribution < 1.29 is 27.3 Å². The number of fused-ring (bicyclic) bond motifs is 1. The number of alkyl halides is 3. The molecular weight excluding hydrogens is 397 g/mol. The van der Waals surface area contributed by atoms with Crippen molar-refractivity contribution in [3.63, 3.8) is 0 Å². The first-order valence-electron chi connectivity index (χ1n) is 8.12. The number of hydrogen-bond donors (Lipinski definition) is 2. The molecule has 1 atom stereocenters. The van der Waals surface area contributed by atoms with Crippen LogP contribution in [0.2, 0.25) is 0 Å². The van der Waals surface area contributed by atoms with Gasteiger partial charge in [-0.1, -0.05) is 11.2 Å². The number of aryl methyl sites for hydroxylation is 1. The molecule has 3 aromatic heterocycles. The zero-order valence-electron chi connectivity index (χ0n) is 14.8. The van der Waals surface area contributed by atoms with Gasteiger partial charge in [0, 0.05) is 0 Å². The summed E-state index contributed by atoms with van der Waals surface area (Å²) in [6.07, 6.45) is -4.54. The second-order valence-electron chi connectivity index (χ2n) is 6.01. The Labute approximate surface area is 160 Å². The first-order chi connectivity index (χ1) is 13.2. The second kappa shape index (κ2) is 7.58. The molecule has 0 aliphatic heterocycles. The quantitative estimate of drug-likeness (QED) is 0.671. The molecular formula is C17H15F3N4O3S. The van der Waals surface area contributed by atoms with E-state index in [1.165, 1.54) is 24.3 Å². The molecule has 0 fully saturated rings. The number of nitrogens with one attached hydrogen (secondary N) is 2. The van der Waals surface area contributed by atoms with Gasteiger partial charge in [-0.15, -0.1) is 11.3 Å². The van der Waals surface area contributed by atoms with Crippen LogP contribution in [-0.4, -0.2) is 40.7 Å². The van der Waals surface area contributed by atoms with Gasteiger partial charge < -0.3 is 15.2 Å². The van der Waals surface area contributed by atoms with E-state index >= 15 is 0 Å². The highest BCUT2D eigenvalue weighted by molar-refractivity contribution is 7.13. The average molecular weight is 412 g/mol. The molecule has 0 spiro atoms. The summed E-state index contributed by atoms with van der Waals surface area (Å²) >= 11 is 1.41. The molecule has 3 aromatic rings. The van der Waals surface area contributed by atoms with Gasteiger partial charge in [-0.2, -0.15) is 13.2 Å². The standard InChI is InChI=1S/C17H15F3N4O3S/c1-8-13-10(15(26)22-9(2)14(25)21-7-17(18,19)20)6-11(12-4-3-5-28-12)23-16(13)27-24-8/h3-6,9H,7H2,1-2H3,(H,21,25)(H,22,26)/t9-/m0/s1. The van der Waals surface area contributed by atoms with Crippen LogP contribution in [0.1, 0.15) is 23.0 Å². The summed E-state index contributed by atoms with van der Waals surface area (Å²) in [5.41, 5.74) is 1.24. The molecule has 3 heterocycles. The van der Waals surface area contributed by atoms with E-state index in [1.807, 2.05) is 17.5 Å². The van der Waals surface area contributed by atoms with E-state index in [1.54, 1.807) is 12.2 Å². The van der Waals surface area contributed by atoms with Crippen LogP contribution in [0.15, 0.2) is 28.1 Å². The Hall–Kier alpha value is -2.95. The minimum Gasteiger partial charge on any atom is -0.345 e. The number of carbonyl (C=O) groups excluding carboxylic acids is 2. The Bertz CT molecular complexity index is 1010. The van der Waals surface area contributed by atoms with Crippen LogP contribution < -0.4 is 10.6 Å². The van der Waals surface area contributed by atoms with Crippen molar-refractivity contribution in [2.75, 3.05) is 6.54 Å². The van der Waals surface area contributed by atoms with Gasteiger partial charge in [-0.3, -0.25) is 9.59 Å². The van der Waals surface area contributed by atoms with Crippen LogP contribution in [0.25, 0.3) is 21.7 Å². The Morgan fingerprint density at radius 2 is 2.11 bits per heavy atom. The fraction of sp³-hybridized carbons (Fsp3) is 0.294. The third-order valence-corrected chi connectivity index (χ3v) is 4.73. The smallest absolute Gasteiger partial charge is 0.345 e. The van der Waals surface area contributed by atoms with Crippen molar-refractivity contribution in [3.05, 3.63) is 34.8 Å². The van der Waals surface area contributed by atoms with E-state index in [9.17, 15) is 22.8 Å². The van der Waals surface area contributed by atoms with E-state index in [2.05, 4.69) is 15.5 Å². The number of nitrogens with zero attached hydrogens (tertiary/aromatic N) is 2. The van der Waals surface area contributed by atoms with Crippen LogP contribution >= 0.6 is 11.3 Å². The van der Waals surface area contributed by atoms with E-state index in [4.69, 9.17) is 4.52 Å². The molecule has 0 unspecified atom stereocenters. The Morgan fingerprint density at radius 3 is 2.75 bits per heavy atom. The van der Waals surface area contributed by atoms with E-state index in [0.717, 1.165) is 4.88 Å². The van der Waals surface area contributed by atoms with Gasteiger partial charge in [0.25, 0.3) is 11.6 Å². The van der Waals surface area contributed by atoms with Crippen LogP contribution in [-0.2, 0) is 4.79 Å². The molecule has 0 radical (unpaired) electrons. The summed E-state index contributed by atoms with van der Waals surface area (Å²) in [7, 11) is 0. The maximum atomic E-state index is 12.7. The minimum absolute atomic E-state index is 0.155. The molecule has 0 aliphatic rings. The lowest BCUT2D eigenvalue weighted by molar-refractivity contribution is -0.139. The number of aromatic nitrogens is 2. The first-order valence-corrected chi connectivity index (χ1v) is 9.00. The highest BCUT2D eigenvalue weighted by atomic mass is 32.1. The number of halogens is 3. The van der Waals surface area contributed by atoms with E-state index in [0.29, 0.717) is 16.8 Å². The molecule has 148 valence electrons. The zero-order chi connectivity index (χ0) is 20.5. The van der Waals surface area contributed by atoms with Gasteiger partial charge in [-0.25, -0.2) is 4.98 Å². The minimum atomic E-state index is -4.54. The molecule has 0 saturated carbocycles. The lowest BCUT2D eigenvalue weighted by Crippen LogP contribution is -2.47. The first kappa shape index (κ1) is 19.8. The highest BCUT2D eigenvalue weighted by Crippen LogP contribution is 2.29. The highest BCUT2D eigenvalue weighted by Gasteiger charge is 2.29. The SMILES string of the molecule is Cc1noc2nc(-c3cccs3)cc(C(=O)N[C@@H](C)C(=O)NCC(F)(F)F)c12. The number of rotatable bonds is 5. The summed E-state index contributed by atoms with van der Waals surface area (Å²) in [5.74, 6) is -1.59. The van der Waals surface area contributed by atoms with Crippen LogP contribution in [0.4, 0.5) is 13.2 Å². The zero-order valence-corrected chi connectivity index (χ0v) is 15.6. The normalized spacial score (nSPS) is 12.8. The summed E-state index contributed by atoms with van der Waals surface area (Å²) in [6, 6.07) is 4.00. The summed E-state index contributed by atoms with van der Waals surface area (Å²) in [5, 5.41) is 10.2. The number of amides is 2. The number of pyridine rings is 1. The van der Waals surface area contributed by atoms with Crippen molar-refractivity contribution in [3.8, 4) is 10.6 Å². The predicted octanol–water partition coefficient (Wildman–Crippen LogP) is 3.06. The largest absolute Gasteiger partial charge is 0.405 e. The maximum absolute atomic E-state index is 12.7. The van der Waals surface area contributed by atoms with E-state index < -0.39 is 30.6 Å². The number of hydrogen-bond acceptors (Lipinski definition) is 6. The molecule has 2 amide bonds. The van der Waals surface area contributed by atoms with Crippen molar-refractivity contribution in [1.82, 2.24) is 20.8 Å². The lowest BCUT2D eigenvalue weighted by Gasteiger charge is -2.15. The number of thiophene rings is 1. The Balaban J connectivity index is 1.86. The molecule has 28 heavy (non-hydrogen) atoms. The molecule has 0 bridgehead atoms. The topological polar surface area (TPSA) is 97.1 Å². The summed E-state index contributed by atoms with van der Waals surface area (Å²) in [4.78, 5) is 29.7. The van der Waals surface area contributed by atoms with Gasteiger partial charge in [0.05, 0.1) is 27.2 Å². The van der Waals surface area contributed by atoms with Crippen molar-refractivity contribution in [1.29, 1.82) is 0 Å². The molecule has 11 heteroatoms. The van der Waals surface area contributed by atoms with Crippen molar-refractivity contribution in [2.45, 2.75) is 26.1 Å². The second-order valence-corrected chi connectivity index (χ2v) is 6.96. The third kappa shape index (κ3) is 4.30. The van der Waals surface area contributed by atoms with Crippen LogP contribution in [0, 0.1) is 6.92 Å². The average Bonchev–Trinajstić information content (AvgIpc) is 3.28. The Kier molecular flexibility index (Phi) is 5.36. The lowest BCUT2D eigenvalue weighted by atomic mass is 10.1.